The van der Waals surface area contributed by atoms with Crippen LogP contribution in [-0.4, -0.2) is 43.8 Å². The number of hydrogen-bond acceptors (Lipinski definition) is 4. The number of nitrogens with zero attached hydrogens (tertiary/aromatic N) is 2. The predicted molar refractivity (Wildman–Crippen MR) is 154 cm³/mol. The van der Waals surface area contributed by atoms with Crippen molar-refractivity contribution in [2.45, 2.75) is 63.1 Å². The van der Waals surface area contributed by atoms with Gasteiger partial charge in [0.05, 0.1) is 10.6 Å². The molecule has 1 N–H and O–H groups in total. The fraction of sp³-hybridized carbons (Fsp3) is 0.333. The number of carbonyl (C=O) groups is 2. The summed E-state index contributed by atoms with van der Waals surface area (Å²) in [5.74, 6) is -1.31. The van der Waals surface area contributed by atoms with Gasteiger partial charge in [0.1, 0.15) is 18.4 Å². The summed E-state index contributed by atoms with van der Waals surface area (Å²) in [4.78, 5) is 28.5. The standard InChI is InChI=1S/C30H33ClFN3O4S/c1-21-6-5-9-27(18-21)35(40(38,39)28-16-12-24(31)13-17-28)20-29(36)34(19-23-10-14-25(32)15-11-23)22(2)30(37)33-26-7-3-4-8-26/h5-6,9-18,22,26H,3-4,7-8,19-20H2,1-2H3,(H,33,37)/t22-/m1/s1. The molecule has 1 aliphatic rings. The van der Waals surface area contributed by atoms with Gasteiger partial charge in [0.2, 0.25) is 11.8 Å². The van der Waals surface area contributed by atoms with Crippen molar-refractivity contribution in [2.75, 3.05) is 10.8 Å². The van der Waals surface area contributed by atoms with E-state index in [9.17, 15) is 22.4 Å². The molecule has 10 heteroatoms. The van der Waals surface area contributed by atoms with E-state index in [1.54, 1.807) is 37.3 Å². The van der Waals surface area contributed by atoms with E-state index >= 15 is 0 Å². The molecule has 1 saturated carbocycles. The first-order chi connectivity index (χ1) is 19.0. The van der Waals surface area contributed by atoms with Crippen molar-refractivity contribution in [3.63, 3.8) is 0 Å². The van der Waals surface area contributed by atoms with Crippen LogP contribution in [0.1, 0.15) is 43.7 Å². The van der Waals surface area contributed by atoms with Crippen LogP contribution in [0.15, 0.2) is 77.7 Å². The topological polar surface area (TPSA) is 86.8 Å². The summed E-state index contributed by atoms with van der Waals surface area (Å²) >= 11 is 5.99. The number of sulfonamides is 1. The molecule has 3 aromatic carbocycles. The summed E-state index contributed by atoms with van der Waals surface area (Å²) in [6.07, 6.45) is 3.83. The number of hydrogen-bond donors (Lipinski definition) is 1. The van der Waals surface area contributed by atoms with Gasteiger partial charge in [-0.1, -0.05) is 48.7 Å². The minimum Gasteiger partial charge on any atom is -0.352 e. The van der Waals surface area contributed by atoms with Crippen LogP contribution in [0, 0.1) is 12.7 Å². The third kappa shape index (κ3) is 7.20. The zero-order valence-corrected chi connectivity index (χ0v) is 24.1. The van der Waals surface area contributed by atoms with Gasteiger partial charge in [-0.25, -0.2) is 12.8 Å². The smallest absolute Gasteiger partial charge is 0.264 e. The number of nitrogens with one attached hydrogen (secondary N) is 1. The van der Waals surface area contributed by atoms with Gasteiger partial charge in [0.25, 0.3) is 10.0 Å². The van der Waals surface area contributed by atoms with Gasteiger partial charge in [0.15, 0.2) is 0 Å². The Hall–Kier alpha value is -3.43. The molecule has 0 unspecified atom stereocenters. The Morgan fingerprint density at radius 2 is 1.68 bits per heavy atom. The van der Waals surface area contributed by atoms with Gasteiger partial charge in [0, 0.05) is 17.6 Å². The van der Waals surface area contributed by atoms with E-state index in [0.717, 1.165) is 35.6 Å². The Labute approximate surface area is 240 Å². The quantitative estimate of drug-likeness (QED) is 0.342. The molecule has 0 spiro atoms. The van der Waals surface area contributed by atoms with Crippen LogP contribution in [0.2, 0.25) is 5.02 Å². The fourth-order valence-corrected chi connectivity index (χ4v) is 6.34. The first kappa shape index (κ1) is 29.6. The zero-order chi connectivity index (χ0) is 28.9. The number of rotatable bonds is 10. The number of aryl methyl sites for hydroxylation is 1. The Morgan fingerprint density at radius 1 is 1.02 bits per heavy atom. The minimum absolute atomic E-state index is 0.00101. The molecule has 1 atom stereocenters. The summed E-state index contributed by atoms with van der Waals surface area (Å²) in [5.41, 5.74) is 1.74. The first-order valence-corrected chi connectivity index (χ1v) is 15.1. The summed E-state index contributed by atoms with van der Waals surface area (Å²) in [6.45, 7) is 2.91. The second-order valence-corrected chi connectivity index (χ2v) is 12.4. The SMILES string of the molecule is Cc1cccc(N(CC(=O)N(Cc2ccc(F)cc2)[C@H](C)C(=O)NC2CCCC2)S(=O)(=O)c2ccc(Cl)cc2)c1. The Balaban J connectivity index is 1.68. The fourth-order valence-electron chi connectivity index (χ4n) is 4.81. The van der Waals surface area contributed by atoms with E-state index in [1.807, 2.05) is 13.0 Å². The summed E-state index contributed by atoms with van der Waals surface area (Å²) in [7, 11) is -4.18. The van der Waals surface area contributed by atoms with E-state index in [-0.39, 0.29) is 23.4 Å². The third-order valence-corrected chi connectivity index (χ3v) is 9.15. The second kappa shape index (κ2) is 12.8. The lowest BCUT2D eigenvalue weighted by Gasteiger charge is -2.32. The van der Waals surface area contributed by atoms with Gasteiger partial charge in [-0.05, 0) is 86.3 Å². The molecule has 1 aliphatic carbocycles. The average molecular weight is 586 g/mol. The molecule has 212 valence electrons. The average Bonchev–Trinajstić information content (AvgIpc) is 3.44. The van der Waals surface area contributed by atoms with Gasteiger partial charge in [-0.2, -0.15) is 0 Å². The molecule has 0 aliphatic heterocycles. The van der Waals surface area contributed by atoms with E-state index in [4.69, 9.17) is 11.6 Å². The van der Waals surface area contributed by atoms with Crippen molar-refractivity contribution in [3.8, 4) is 0 Å². The van der Waals surface area contributed by atoms with Crippen LogP contribution >= 0.6 is 11.6 Å². The number of carbonyl (C=O) groups excluding carboxylic acids is 2. The van der Waals surface area contributed by atoms with Crippen LogP contribution in [0.25, 0.3) is 0 Å². The number of halogens is 2. The van der Waals surface area contributed by atoms with E-state index < -0.39 is 34.3 Å². The molecule has 0 bridgehead atoms. The lowest BCUT2D eigenvalue weighted by molar-refractivity contribution is -0.139. The lowest BCUT2D eigenvalue weighted by atomic mass is 10.1. The van der Waals surface area contributed by atoms with E-state index in [0.29, 0.717) is 16.3 Å². The molecule has 0 radical (unpaired) electrons. The van der Waals surface area contributed by atoms with Crippen LogP contribution in [0.3, 0.4) is 0 Å². The van der Waals surface area contributed by atoms with E-state index in [2.05, 4.69) is 5.32 Å². The molecular formula is C30H33ClFN3O4S. The largest absolute Gasteiger partial charge is 0.352 e. The highest BCUT2D eigenvalue weighted by Gasteiger charge is 2.33. The van der Waals surface area contributed by atoms with Crippen molar-refractivity contribution in [2.24, 2.45) is 0 Å². The highest BCUT2D eigenvalue weighted by Crippen LogP contribution is 2.26. The maximum absolute atomic E-state index is 13.9. The molecule has 40 heavy (non-hydrogen) atoms. The Kier molecular flexibility index (Phi) is 9.48. The molecule has 7 nitrogen and oxygen atoms in total. The third-order valence-electron chi connectivity index (χ3n) is 7.11. The summed E-state index contributed by atoms with van der Waals surface area (Å²) < 4.78 is 42.3. The zero-order valence-electron chi connectivity index (χ0n) is 22.5. The van der Waals surface area contributed by atoms with Gasteiger partial charge >= 0.3 is 0 Å². The Bertz CT molecular complexity index is 1440. The number of anilines is 1. The normalized spacial score (nSPS) is 14.5. The van der Waals surface area contributed by atoms with Crippen LogP contribution in [0.5, 0.6) is 0 Å². The van der Waals surface area contributed by atoms with Gasteiger partial charge in [-0.3, -0.25) is 13.9 Å². The molecule has 2 amide bonds. The van der Waals surface area contributed by atoms with Gasteiger partial charge < -0.3 is 10.2 Å². The van der Waals surface area contributed by atoms with Crippen LogP contribution < -0.4 is 9.62 Å². The van der Waals surface area contributed by atoms with E-state index in [1.165, 1.54) is 41.3 Å². The molecule has 0 aromatic heterocycles. The monoisotopic (exact) mass is 585 g/mol. The Morgan fingerprint density at radius 3 is 2.30 bits per heavy atom. The second-order valence-electron chi connectivity index (χ2n) is 10.1. The molecule has 4 rings (SSSR count). The highest BCUT2D eigenvalue weighted by molar-refractivity contribution is 7.92. The molecule has 0 saturated heterocycles. The van der Waals surface area contributed by atoms with Crippen molar-refractivity contribution in [1.29, 1.82) is 0 Å². The lowest BCUT2D eigenvalue weighted by Crippen LogP contribution is -2.52. The minimum atomic E-state index is -4.18. The molecule has 3 aromatic rings. The van der Waals surface area contributed by atoms with Crippen molar-refractivity contribution in [3.05, 3.63) is 94.8 Å². The molecule has 1 fully saturated rings. The number of benzene rings is 3. The van der Waals surface area contributed by atoms with Gasteiger partial charge in [-0.15, -0.1) is 0 Å². The summed E-state index contributed by atoms with van der Waals surface area (Å²) in [5, 5.41) is 3.40. The van der Waals surface area contributed by atoms with Crippen molar-refractivity contribution >= 4 is 39.1 Å². The van der Waals surface area contributed by atoms with Crippen molar-refractivity contribution in [1.82, 2.24) is 10.2 Å². The maximum Gasteiger partial charge on any atom is 0.264 e. The molecule has 0 heterocycles. The number of amides is 2. The summed E-state index contributed by atoms with van der Waals surface area (Å²) in [6, 6.07) is 17.4. The first-order valence-electron chi connectivity index (χ1n) is 13.2. The highest BCUT2D eigenvalue weighted by atomic mass is 35.5. The van der Waals surface area contributed by atoms with Crippen LogP contribution in [0.4, 0.5) is 10.1 Å². The van der Waals surface area contributed by atoms with Crippen LogP contribution in [-0.2, 0) is 26.2 Å². The predicted octanol–water partition coefficient (Wildman–Crippen LogP) is 5.46. The maximum atomic E-state index is 13.9. The molecular weight excluding hydrogens is 553 g/mol. The van der Waals surface area contributed by atoms with Crippen molar-refractivity contribution < 1.29 is 22.4 Å².